The first-order valence-electron chi connectivity index (χ1n) is 9.40. The Kier molecular flexibility index (Phi) is 7.04. The first-order valence-corrected chi connectivity index (χ1v) is 10.4. The number of hydrogen-bond acceptors (Lipinski definition) is 5. The van der Waals surface area contributed by atoms with Crippen LogP contribution in [-0.4, -0.2) is 26.4 Å². The number of nitrogens with one attached hydrogen (secondary N) is 1. The molecule has 9 heteroatoms. The van der Waals surface area contributed by atoms with Crippen LogP contribution in [-0.2, 0) is 4.79 Å². The fourth-order valence-electron chi connectivity index (χ4n) is 2.81. The zero-order chi connectivity index (χ0) is 21.7. The zero-order valence-corrected chi connectivity index (χ0v) is 17.6. The van der Waals surface area contributed by atoms with Crippen molar-refractivity contribution in [3.8, 4) is 5.75 Å². The second-order valence-electron chi connectivity index (χ2n) is 6.81. The van der Waals surface area contributed by atoms with Crippen molar-refractivity contribution in [2.75, 3.05) is 11.1 Å². The fourth-order valence-corrected chi connectivity index (χ4v) is 3.69. The van der Waals surface area contributed by atoms with Crippen LogP contribution >= 0.6 is 11.8 Å². The molecular weight excluding hydrogens is 410 g/mol. The number of benzene rings is 2. The van der Waals surface area contributed by atoms with Gasteiger partial charge in [-0.2, -0.15) is 0 Å². The summed E-state index contributed by atoms with van der Waals surface area (Å²) in [6, 6.07) is 12.1. The Morgan fingerprint density at radius 2 is 1.73 bits per heavy atom. The summed E-state index contributed by atoms with van der Waals surface area (Å²) >= 11 is 1.18. The van der Waals surface area contributed by atoms with Crippen LogP contribution < -0.4 is 10.1 Å². The van der Waals surface area contributed by atoms with Gasteiger partial charge in [-0.15, -0.1) is 10.2 Å². The Morgan fingerprint density at radius 3 is 2.40 bits per heavy atom. The second kappa shape index (κ2) is 9.71. The highest BCUT2D eigenvalue weighted by Gasteiger charge is 2.23. The number of rotatable bonds is 8. The minimum Gasteiger partial charge on any atom is -0.480 e. The Hall–Kier alpha value is -2.94. The normalized spacial score (nSPS) is 12.1. The highest BCUT2D eigenvalue weighted by atomic mass is 32.2. The standard InChI is InChI=1S/C21H22F2N4O2S/c1-13(2)27-20(14(3)29-18-11-7-5-9-16(18)23)25-26-21(27)30-12-19(28)24-17-10-6-4-8-15(17)22/h4-11,13-14H,12H2,1-3H3,(H,24,28). The SMILES string of the molecule is CC(Oc1ccccc1F)c1nnc(SCC(=O)Nc2ccccc2F)n1C(C)C. The van der Waals surface area contributed by atoms with Crippen LogP contribution in [0.2, 0.25) is 0 Å². The van der Waals surface area contributed by atoms with Gasteiger partial charge in [0.15, 0.2) is 28.7 Å². The van der Waals surface area contributed by atoms with Crippen molar-refractivity contribution < 1.29 is 18.3 Å². The van der Waals surface area contributed by atoms with Crippen LogP contribution in [0.25, 0.3) is 0 Å². The predicted octanol–water partition coefficient (Wildman–Crippen LogP) is 5.01. The molecule has 1 N–H and O–H groups in total. The quantitative estimate of drug-likeness (QED) is 0.507. The van der Waals surface area contributed by atoms with Crippen LogP contribution in [0.1, 0.15) is 38.7 Å². The highest BCUT2D eigenvalue weighted by molar-refractivity contribution is 7.99. The lowest BCUT2D eigenvalue weighted by molar-refractivity contribution is -0.113. The molecule has 0 aliphatic heterocycles. The molecule has 0 saturated carbocycles. The first-order chi connectivity index (χ1) is 14.4. The number of nitrogens with zero attached hydrogens (tertiary/aromatic N) is 3. The van der Waals surface area contributed by atoms with Gasteiger partial charge in [-0.1, -0.05) is 36.0 Å². The van der Waals surface area contributed by atoms with E-state index < -0.39 is 17.7 Å². The van der Waals surface area contributed by atoms with E-state index in [4.69, 9.17) is 4.74 Å². The molecule has 0 saturated heterocycles. The molecule has 1 heterocycles. The molecule has 2 aromatic carbocycles. The van der Waals surface area contributed by atoms with E-state index in [9.17, 15) is 13.6 Å². The number of anilines is 1. The lowest BCUT2D eigenvalue weighted by Crippen LogP contribution is -2.17. The third kappa shape index (κ3) is 5.15. The minimum atomic E-state index is -0.557. The van der Waals surface area contributed by atoms with Crippen molar-refractivity contribution in [2.45, 2.75) is 38.1 Å². The molecule has 0 aliphatic rings. The van der Waals surface area contributed by atoms with Crippen LogP contribution in [0, 0.1) is 11.6 Å². The van der Waals surface area contributed by atoms with Gasteiger partial charge in [0.1, 0.15) is 5.82 Å². The van der Waals surface area contributed by atoms with Crippen molar-refractivity contribution in [1.82, 2.24) is 14.8 Å². The molecule has 6 nitrogen and oxygen atoms in total. The lowest BCUT2D eigenvalue weighted by Gasteiger charge is -2.19. The van der Waals surface area contributed by atoms with Gasteiger partial charge in [-0.3, -0.25) is 4.79 Å². The molecule has 158 valence electrons. The number of amides is 1. The summed E-state index contributed by atoms with van der Waals surface area (Å²) in [5.41, 5.74) is 0.126. The number of halogens is 2. The van der Waals surface area contributed by atoms with E-state index in [1.807, 2.05) is 18.4 Å². The Morgan fingerprint density at radius 1 is 1.07 bits per heavy atom. The van der Waals surface area contributed by atoms with E-state index in [1.165, 1.54) is 30.0 Å². The number of thioether (sulfide) groups is 1. The van der Waals surface area contributed by atoms with E-state index >= 15 is 0 Å². The van der Waals surface area contributed by atoms with Crippen LogP contribution in [0.5, 0.6) is 5.75 Å². The van der Waals surface area contributed by atoms with Crippen molar-refractivity contribution in [2.24, 2.45) is 0 Å². The predicted molar refractivity (Wildman–Crippen MR) is 112 cm³/mol. The maximum absolute atomic E-state index is 13.9. The average molecular weight is 432 g/mol. The topological polar surface area (TPSA) is 69.0 Å². The van der Waals surface area contributed by atoms with E-state index in [1.54, 1.807) is 37.3 Å². The lowest BCUT2D eigenvalue weighted by atomic mass is 10.3. The van der Waals surface area contributed by atoms with Gasteiger partial charge in [-0.05, 0) is 45.0 Å². The largest absolute Gasteiger partial charge is 0.480 e. The van der Waals surface area contributed by atoms with Gasteiger partial charge >= 0.3 is 0 Å². The molecule has 0 aliphatic carbocycles. The summed E-state index contributed by atoms with van der Waals surface area (Å²) in [5, 5.41) is 11.4. The monoisotopic (exact) mass is 432 g/mol. The van der Waals surface area contributed by atoms with Gasteiger partial charge in [0.05, 0.1) is 11.4 Å². The number of carbonyl (C=O) groups is 1. The molecule has 0 bridgehead atoms. The number of para-hydroxylation sites is 2. The summed E-state index contributed by atoms with van der Waals surface area (Å²) in [5.74, 6) is -0.642. The molecule has 1 amide bonds. The molecule has 0 radical (unpaired) electrons. The molecule has 1 aromatic heterocycles. The summed E-state index contributed by atoms with van der Waals surface area (Å²) < 4.78 is 35.2. The third-order valence-electron chi connectivity index (χ3n) is 4.19. The average Bonchev–Trinajstić information content (AvgIpc) is 3.14. The third-order valence-corrected chi connectivity index (χ3v) is 5.13. The zero-order valence-electron chi connectivity index (χ0n) is 16.8. The first kappa shape index (κ1) is 21.8. The summed E-state index contributed by atoms with van der Waals surface area (Å²) in [7, 11) is 0. The maximum atomic E-state index is 13.9. The summed E-state index contributed by atoms with van der Waals surface area (Å²) in [4.78, 5) is 12.2. The van der Waals surface area contributed by atoms with E-state index in [0.717, 1.165) is 0 Å². The molecule has 3 aromatic rings. The second-order valence-corrected chi connectivity index (χ2v) is 7.75. The summed E-state index contributed by atoms with van der Waals surface area (Å²) in [6.45, 7) is 5.66. The van der Waals surface area contributed by atoms with Crippen molar-refractivity contribution >= 4 is 23.4 Å². The Labute approximate surface area is 177 Å². The van der Waals surface area contributed by atoms with Crippen molar-refractivity contribution in [3.63, 3.8) is 0 Å². The van der Waals surface area contributed by atoms with E-state index in [0.29, 0.717) is 11.0 Å². The maximum Gasteiger partial charge on any atom is 0.234 e. The number of carbonyl (C=O) groups excluding carboxylic acids is 1. The highest BCUT2D eigenvalue weighted by Crippen LogP contribution is 2.28. The van der Waals surface area contributed by atoms with Gasteiger partial charge in [0, 0.05) is 6.04 Å². The van der Waals surface area contributed by atoms with Gasteiger partial charge < -0.3 is 14.6 Å². The van der Waals surface area contributed by atoms with E-state index in [-0.39, 0.29) is 29.1 Å². The fraction of sp³-hybridized carbons (Fsp3) is 0.286. The molecule has 1 atom stereocenters. The Bertz CT molecular complexity index is 1030. The molecule has 1 unspecified atom stereocenters. The minimum absolute atomic E-state index is 0.0150. The molecule has 0 fully saturated rings. The molecular formula is C21H22F2N4O2S. The number of ether oxygens (including phenoxy) is 1. The van der Waals surface area contributed by atoms with Crippen LogP contribution in [0.4, 0.5) is 14.5 Å². The van der Waals surface area contributed by atoms with Gasteiger partial charge in [0.2, 0.25) is 5.91 Å². The number of hydrogen-bond donors (Lipinski definition) is 1. The van der Waals surface area contributed by atoms with Crippen LogP contribution in [0.3, 0.4) is 0 Å². The van der Waals surface area contributed by atoms with E-state index in [2.05, 4.69) is 15.5 Å². The van der Waals surface area contributed by atoms with Crippen molar-refractivity contribution in [1.29, 1.82) is 0 Å². The van der Waals surface area contributed by atoms with Gasteiger partial charge in [-0.25, -0.2) is 8.78 Å². The van der Waals surface area contributed by atoms with Crippen molar-refractivity contribution in [3.05, 3.63) is 66.0 Å². The van der Waals surface area contributed by atoms with Crippen LogP contribution in [0.15, 0.2) is 53.7 Å². The molecule has 3 rings (SSSR count). The van der Waals surface area contributed by atoms with Gasteiger partial charge in [0.25, 0.3) is 0 Å². The number of aromatic nitrogens is 3. The molecule has 0 spiro atoms. The molecule has 30 heavy (non-hydrogen) atoms. The summed E-state index contributed by atoms with van der Waals surface area (Å²) in [6.07, 6.45) is -0.557. The Balaban J connectivity index is 1.70. The smallest absolute Gasteiger partial charge is 0.234 e.